The second kappa shape index (κ2) is 4.74. The summed E-state index contributed by atoms with van der Waals surface area (Å²) >= 11 is 6.25. The van der Waals surface area contributed by atoms with E-state index < -0.39 is 0 Å². The molecule has 2 aromatic heterocycles. The molecule has 3 nitrogen and oxygen atoms in total. The number of nitrogens with zero attached hydrogens (tertiary/aromatic N) is 2. The van der Waals surface area contributed by atoms with Crippen LogP contribution in [-0.4, -0.2) is 9.55 Å². The van der Waals surface area contributed by atoms with E-state index in [1.807, 2.05) is 19.1 Å². The molecule has 1 atom stereocenters. The highest BCUT2D eigenvalue weighted by Gasteiger charge is 2.15. The average Bonchev–Trinajstić information content (AvgIpc) is 2.97. The van der Waals surface area contributed by atoms with Crippen LogP contribution in [-0.2, 0) is 6.54 Å². The van der Waals surface area contributed by atoms with Crippen LogP contribution in [0.4, 0.5) is 0 Å². The van der Waals surface area contributed by atoms with E-state index in [2.05, 4.69) is 34.7 Å². The molecule has 0 aliphatic rings. The third-order valence-electron chi connectivity index (χ3n) is 3.18. The Morgan fingerprint density at radius 3 is 2.89 bits per heavy atom. The van der Waals surface area contributed by atoms with E-state index >= 15 is 0 Å². The molecule has 0 fully saturated rings. The van der Waals surface area contributed by atoms with E-state index in [9.17, 15) is 0 Å². The largest absolute Gasteiger partial charge is 0.467 e. The number of aromatic nitrogens is 2. The van der Waals surface area contributed by atoms with Gasteiger partial charge in [-0.2, -0.15) is 0 Å². The summed E-state index contributed by atoms with van der Waals surface area (Å²) in [6.07, 6.45) is 1.68. The Bertz CT molecular complexity index is 698. The summed E-state index contributed by atoms with van der Waals surface area (Å²) in [4.78, 5) is 4.64. The predicted octanol–water partition coefficient (Wildman–Crippen LogP) is 4.29. The number of benzene rings is 1. The van der Waals surface area contributed by atoms with Gasteiger partial charge in [-0.1, -0.05) is 6.07 Å². The molecule has 0 saturated carbocycles. The predicted molar refractivity (Wildman–Crippen MR) is 76.5 cm³/mol. The van der Waals surface area contributed by atoms with Crippen LogP contribution in [0.1, 0.15) is 29.4 Å². The van der Waals surface area contributed by atoms with Gasteiger partial charge >= 0.3 is 0 Å². The van der Waals surface area contributed by atoms with Gasteiger partial charge in [0.2, 0.25) is 0 Å². The SMILES string of the molecule is Cc1ccc2c(c1)nc(C(C)Cl)n2Cc1ccco1. The molecular formula is C15H15ClN2O. The highest BCUT2D eigenvalue weighted by Crippen LogP contribution is 2.26. The van der Waals surface area contributed by atoms with E-state index in [0.717, 1.165) is 22.6 Å². The van der Waals surface area contributed by atoms with Crippen molar-refractivity contribution >= 4 is 22.6 Å². The van der Waals surface area contributed by atoms with Crippen molar-refractivity contribution in [2.45, 2.75) is 25.8 Å². The summed E-state index contributed by atoms with van der Waals surface area (Å²) in [5.74, 6) is 1.78. The molecule has 4 heteroatoms. The number of furan rings is 1. The molecule has 0 radical (unpaired) electrons. The molecule has 2 heterocycles. The lowest BCUT2D eigenvalue weighted by Crippen LogP contribution is -2.05. The van der Waals surface area contributed by atoms with Gasteiger partial charge in [0.1, 0.15) is 11.6 Å². The van der Waals surface area contributed by atoms with Gasteiger partial charge in [0.15, 0.2) is 0 Å². The molecule has 0 aliphatic heterocycles. The number of imidazole rings is 1. The Labute approximate surface area is 116 Å². The molecule has 0 amide bonds. The first-order valence-electron chi connectivity index (χ1n) is 6.28. The van der Waals surface area contributed by atoms with Gasteiger partial charge in [-0.3, -0.25) is 0 Å². The van der Waals surface area contributed by atoms with Gasteiger partial charge in [-0.05, 0) is 43.7 Å². The quantitative estimate of drug-likeness (QED) is 0.667. The third-order valence-corrected chi connectivity index (χ3v) is 3.38. The van der Waals surface area contributed by atoms with Crippen molar-refractivity contribution in [2.75, 3.05) is 0 Å². The van der Waals surface area contributed by atoms with Crippen LogP contribution in [0.5, 0.6) is 0 Å². The maximum absolute atomic E-state index is 6.25. The van der Waals surface area contributed by atoms with Crippen LogP contribution in [0.2, 0.25) is 0 Å². The molecule has 0 aliphatic carbocycles. The number of rotatable bonds is 3. The fourth-order valence-electron chi connectivity index (χ4n) is 2.29. The first kappa shape index (κ1) is 12.3. The lowest BCUT2D eigenvalue weighted by atomic mass is 10.2. The molecule has 3 aromatic rings. The van der Waals surface area contributed by atoms with Crippen molar-refractivity contribution in [2.24, 2.45) is 0 Å². The van der Waals surface area contributed by atoms with Crippen LogP contribution >= 0.6 is 11.6 Å². The summed E-state index contributed by atoms with van der Waals surface area (Å²) in [7, 11) is 0. The fourth-order valence-corrected chi connectivity index (χ4v) is 2.45. The lowest BCUT2D eigenvalue weighted by Gasteiger charge is -2.08. The van der Waals surface area contributed by atoms with Crippen LogP contribution in [0.15, 0.2) is 41.0 Å². The minimum absolute atomic E-state index is 0.136. The maximum Gasteiger partial charge on any atom is 0.128 e. The maximum atomic E-state index is 6.25. The van der Waals surface area contributed by atoms with E-state index in [0.29, 0.717) is 6.54 Å². The molecule has 0 saturated heterocycles. The van der Waals surface area contributed by atoms with Gasteiger partial charge in [0.25, 0.3) is 0 Å². The highest BCUT2D eigenvalue weighted by molar-refractivity contribution is 6.20. The first-order valence-corrected chi connectivity index (χ1v) is 6.72. The molecule has 0 N–H and O–H groups in total. The Morgan fingerprint density at radius 2 is 2.21 bits per heavy atom. The van der Waals surface area contributed by atoms with E-state index in [1.165, 1.54) is 5.56 Å². The van der Waals surface area contributed by atoms with Crippen LogP contribution < -0.4 is 0 Å². The number of fused-ring (bicyclic) bond motifs is 1. The van der Waals surface area contributed by atoms with Gasteiger partial charge in [0.05, 0.1) is 29.2 Å². The summed E-state index contributed by atoms with van der Waals surface area (Å²) in [5.41, 5.74) is 3.27. The molecular weight excluding hydrogens is 260 g/mol. The third kappa shape index (κ3) is 2.26. The van der Waals surface area contributed by atoms with Gasteiger partial charge in [-0.15, -0.1) is 11.6 Å². The van der Waals surface area contributed by atoms with Gasteiger partial charge in [-0.25, -0.2) is 4.98 Å². The van der Waals surface area contributed by atoms with Gasteiger partial charge in [0, 0.05) is 0 Å². The Morgan fingerprint density at radius 1 is 1.37 bits per heavy atom. The Hall–Kier alpha value is -1.74. The fraction of sp³-hybridized carbons (Fsp3) is 0.267. The number of aryl methyl sites for hydroxylation is 1. The van der Waals surface area contributed by atoms with E-state index in [1.54, 1.807) is 6.26 Å². The van der Waals surface area contributed by atoms with Gasteiger partial charge < -0.3 is 8.98 Å². The summed E-state index contributed by atoms with van der Waals surface area (Å²) in [6.45, 7) is 4.65. The number of hydrogen-bond acceptors (Lipinski definition) is 2. The molecule has 0 spiro atoms. The van der Waals surface area contributed by atoms with Crippen molar-refractivity contribution in [1.82, 2.24) is 9.55 Å². The van der Waals surface area contributed by atoms with E-state index in [-0.39, 0.29) is 5.38 Å². The molecule has 98 valence electrons. The number of hydrogen-bond donors (Lipinski definition) is 0. The monoisotopic (exact) mass is 274 g/mol. The summed E-state index contributed by atoms with van der Waals surface area (Å²) in [5, 5.41) is -0.136. The summed E-state index contributed by atoms with van der Waals surface area (Å²) in [6, 6.07) is 10.1. The zero-order chi connectivity index (χ0) is 13.4. The molecule has 1 unspecified atom stereocenters. The first-order chi connectivity index (χ1) is 9.15. The minimum Gasteiger partial charge on any atom is -0.467 e. The lowest BCUT2D eigenvalue weighted by molar-refractivity contribution is 0.492. The van der Waals surface area contributed by atoms with Crippen molar-refractivity contribution < 1.29 is 4.42 Å². The van der Waals surface area contributed by atoms with Crippen LogP contribution in [0.3, 0.4) is 0 Å². The Kier molecular flexibility index (Phi) is 3.07. The average molecular weight is 275 g/mol. The second-order valence-electron chi connectivity index (χ2n) is 4.74. The van der Waals surface area contributed by atoms with Crippen LogP contribution in [0, 0.1) is 6.92 Å². The van der Waals surface area contributed by atoms with Crippen molar-refractivity contribution in [3.05, 3.63) is 53.7 Å². The minimum atomic E-state index is -0.136. The summed E-state index contributed by atoms with van der Waals surface area (Å²) < 4.78 is 7.54. The normalized spacial score (nSPS) is 13.0. The molecule has 19 heavy (non-hydrogen) atoms. The molecule has 0 bridgehead atoms. The Balaban J connectivity index is 2.16. The van der Waals surface area contributed by atoms with Crippen molar-refractivity contribution in [1.29, 1.82) is 0 Å². The van der Waals surface area contributed by atoms with E-state index in [4.69, 9.17) is 16.0 Å². The zero-order valence-electron chi connectivity index (χ0n) is 10.9. The highest BCUT2D eigenvalue weighted by atomic mass is 35.5. The standard InChI is InChI=1S/C15H15ClN2O/c1-10-5-6-14-13(8-10)17-15(11(2)16)18(14)9-12-4-3-7-19-12/h3-8,11H,9H2,1-2H3. The topological polar surface area (TPSA) is 31.0 Å². The molecule has 1 aromatic carbocycles. The number of halogens is 1. The molecule has 3 rings (SSSR count). The second-order valence-corrected chi connectivity index (χ2v) is 5.40. The smallest absolute Gasteiger partial charge is 0.128 e. The van der Waals surface area contributed by atoms with Crippen molar-refractivity contribution in [3.63, 3.8) is 0 Å². The van der Waals surface area contributed by atoms with Crippen molar-refractivity contribution in [3.8, 4) is 0 Å². The van der Waals surface area contributed by atoms with Crippen LogP contribution in [0.25, 0.3) is 11.0 Å². The number of alkyl halides is 1. The zero-order valence-corrected chi connectivity index (χ0v) is 11.7.